The number of ether oxygens (including phenoxy) is 1. The number of nitrogens with zero attached hydrogens (tertiary/aromatic N) is 1. The zero-order chi connectivity index (χ0) is 22.8. The number of aromatic nitrogens is 1. The maximum atomic E-state index is 12.5. The summed E-state index contributed by atoms with van der Waals surface area (Å²) in [5.74, 6) is 0.377. The van der Waals surface area contributed by atoms with E-state index in [-0.39, 0.29) is 5.91 Å². The number of allylic oxidation sites excluding steroid dienone is 1. The van der Waals surface area contributed by atoms with E-state index >= 15 is 0 Å². The van der Waals surface area contributed by atoms with Gasteiger partial charge in [-0.2, -0.15) is 0 Å². The Morgan fingerprint density at radius 2 is 2.06 bits per heavy atom. The fraction of sp³-hybridized carbons (Fsp3) is 0.167. The van der Waals surface area contributed by atoms with Crippen LogP contribution >= 0.6 is 34.5 Å². The van der Waals surface area contributed by atoms with Gasteiger partial charge in [-0.1, -0.05) is 29.3 Å². The summed E-state index contributed by atoms with van der Waals surface area (Å²) in [6.07, 6.45) is 3.20. The number of carbonyl (C=O) groups excluding carboxylic acids is 1. The molecule has 8 heteroatoms. The standard InChI is InChI=1S/C24H20Cl2N2O3S/c1-4-30-21-10-22-18(19(11-31-22)16-6-5-15(25)8-20(16)26)9-17(21)13(2)7-23(29)28-24-27-14(3)12-32-24/h5-12H,4H2,1-3H3,(H,27,28,29)/b13-7+. The number of anilines is 1. The monoisotopic (exact) mass is 486 g/mol. The molecule has 2 heterocycles. The van der Waals surface area contributed by atoms with E-state index < -0.39 is 0 Å². The van der Waals surface area contributed by atoms with Crippen LogP contribution in [0.1, 0.15) is 25.1 Å². The van der Waals surface area contributed by atoms with Gasteiger partial charge in [-0.25, -0.2) is 4.98 Å². The van der Waals surface area contributed by atoms with Crippen molar-refractivity contribution in [3.05, 3.63) is 69.4 Å². The predicted molar refractivity (Wildman–Crippen MR) is 132 cm³/mol. The number of hydrogen-bond donors (Lipinski definition) is 1. The van der Waals surface area contributed by atoms with E-state index in [1.807, 2.05) is 44.4 Å². The average Bonchev–Trinajstić information content (AvgIpc) is 3.33. The van der Waals surface area contributed by atoms with Crippen molar-refractivity contribution in [1.82, 2.24) is 4.98 Å². The molecule has 1 amide bonds. The Morgan fingerprint density at radius 1 is 1.25 bits per heavy atom. The molecule has 4 aromatic rings. The zero-order valence-corrected chi connectivity index (χ0v) is 20.0. The molecular formula is C24H20Cl2N2O3S. The molecule has 0 atom stereocenters. The number of fused-ring (bicyclic) bond motifs is 1. The number of carbonyl (C=O) groups is 1. The fourth-order valence-electron chi connectivity index (χ4n) is 3.38. The van der Waals surface area contributed by atoms with Crippen molar-refractivity contribution in [2.24, 2.45) is 0 Å². The molecule has 2 aromatic heterocycles. The van der Waals surface area contributed by atoms with Crippen LogP contribution in [0.25, 0.3) is 27.7 Å². The molecule has 4 rings (SSSR count). The molecule has 0 bridgehead atoms. The van der Waals surface area contributed by atoms with Gasteiger partial charge in [-0.3, -0.25) is 10.1 Å². The second-order valence-electron chi connectivity index (χ2n) is 7.16. The van der Waals surface area contributed by atoms with Gasteiger partial charge in [0, 0.05) is 44.6 Å². The first-order valence-electron chi connectivity index (χ1n) is 9.91. The maximum Gasteiger partial charge on any atom is 0.250 e. The Bertz CT molecular complexity index is 1340. The third-order valence-corrected chi connectivity index (χ3v) is 6.24. The largest absolute Gasteiger partial charge is 0.493 e. The molecule has 0 unspecified atom stereocenters. The number of benzene rings is 2. The molecule has 0 aliphatic carbocycles. The molecule has 0 saturated heterocycles. The minimum atomic E-state index is -0.257. The van der Waals surface area contributed by atoms with E-state index in [4.69, 9.17) is 32.4 Å². The number of aryl methyl sites for hydroxylation is 1. The Balaban J connectivity index is 1.76. The van der Waals surface area contributed by atoms with Gasteiger partial charge in [0.15, 0.2) is 5.13 Å². The van der Waals surface area contributed by atoms with Gasteiger partial charge in [-0.15, -0.1) is 11.3 Å². The van der Waals surface area contributed by atoms with Crippen LogP contribution in [0.15, 0.2) is 52.5 Å². The molecule has 1 N–H and O–H groups in total. The van der Waals surface area contributed by atoms with Crippen LogP contribution in [0.4, 0.5) is 5.13 Å². The van der Waals surface area contributed by atoms with Crippen LogP contribution in [-0.4, -0.2) is 17.5 Å². The van der Waals surface area contributed by atoms with Crippen molar-refractivity contribution < 1.29 is 13.9 Å². The number of nitrogens with one attached hydrogen (secondary N) is 1. The van der Waals surface area contributed by atoms with Crippen molar-refractivity contribution in [2.75, 3.05) is 11.9 Å². The summed E-state index contributed by atoms with van der Waals surface area (Å²) in [4.78, 5) is 16.8. The van der Waals surface area contributed by atoms with Crippen LogP contribution in [0.3, 0.4) is 0 Å². The number of furan rings is 1. The molecule has 0 aliphatic rings. The first-order valence-corrected chi connectivity index (χ1v) is 11.5. The van der Waals surface area contributed by atoms with Gasteiger partial charge < -0.3 is 9.15 Å². The summed E-state index contributed by atoms with van der Waals surface area (Å²) in [6.45, 7) is 6.14. The van der Waals surface area contributed by atoms with Gasteiger partial charge in [0.1, 0.15) is 11.3 Å². The first kappa shape index (κ1) is 22.4. The Hall–Kier alpha value is -2.80. The lowest BCUT2D eigenvalue weighted by Crippen LogP contribution is -2.08. The highest BCUT2D eigenvalue weighted by Gasteiger charge is 2.17. The lowest BCUT2D eigenvalue weighted by atomic mass is 9.99. The molecule has 0 radical (unpaired) electrons. The molecular weight excluding hydrogens is 467 g/mol. The molecule has 32 heavy (non-hydrogen) atoms. The number of amides is 1. The van der Waals surface area contributed by atoms with Crippen molar-refractivity contribution in [1.29, 1.82) is 0 Å². The van der Waals surface area contributed by atoms with Crippen LogP contribution in [0, 0.1) is 6.92 Å². The van der Waals surface area contributed by atoms with Gasteiger partial charge in [-0.05, 0) is 44.5 Å². The van der Waals surface area contributed by atoms with E-state index in [1.165, 1.54) is 17.4 Å². The van der Waals surface area contributed by atoms with E-state index in [0.29, 0.717) is 33.1 Å². The van der Waals surface area contributed by atoms with Crippen LogP contribution in [0.2, 0.25) is 10.0 Å². The van der Waals surface area contributed by atoms with E-state index in [2.05, 4.69) is 10.3 Å². The fourth-order valence-corrected chi connectivity index (χ4v) is 4.58. The minimum Gasteiger partial charge on any atom is -0.493 e. The van der Waals surface area contributed by atoms with Crippen LogP contribution < -0.4 is 10.1 Å². The summed E-state index contributed by atoms with van der Waals surface area (Å²) in [5.41, 5.74) is 4.70. The van der Waals surface area contributed by atoms with Gasteiger partial charge in [0.05, 0.1) is 23.6 Å². The van der Waals surface area contributed by atoms with Crippen molar-refractivity contribution >= 4 is 62.1 Å². The Kier molecular flexibility index (Phi) is 6.55. The second kappa shape index (κ2) is 9.36. The van der Waals surface area contributed by atoms with Crippen LogP contribution in [0.5, 0.6) is 5.75 Å². The summed E-state index contributed by atoms with van der Waals surface area (Å²) < 4.78 is 11.6. The van der Waals surface area contributed by atoms with E-state index in [9.17, 15) is 4.79 Å². The first-order chi connectivity index (χ1) is 15.4. The summed E-state index contributed by atoms with van der Waals surface area (Å²) >= 11 is 13.9. The van der Waals surface area contributed by atoms with Crippen LogP contribution in [-0.2, 0) is 4.79 Å². The SMILES string of the molecule is CCOc1cc2occ(-c3ccc(Cl)cc3Cl)c2cc1/C(C)=C/C(=O)Nc1nc(C)cs1. The van der Waals surface area contributed by atoms with Gasteiger partial charge in [0.2, 0.25) is 5.91 Å². The number of halogens is 2. The highest BCUT2D eigenvalue weighted by Crippen LogP contribution is 2.40. The smallest absolute Gasteiger partial charge is 0.250 e. The quantitative estimate of drug-likeness (QED) is 0.284. The lowest BCUT2D eigenvalue weighted by Gasteiger charge is -2.12. The third-order valence-electron chi connectivity index (χ3n) is 4.82. The molecule has 5 nitrogen and oxygen atoms in total. The Morgan fingerprint density at radius 3 is 2.75 bits per heavy atom. The molecule has 0 aliphatic heterocycles. The Labute approximate surface area is 199 Å². The van der Waals surface area contributed by atoms with Gasteiger partial charge >= 0.3 is 0 Å². The minimum absolute atomic E-state index is 0.257. The number of hydrogen-bond acceptors (Lipinski definition) is 5. The third kappa shape index (κ3) is 4.67. The molecule has 0 saturated carbocycles. The average molecular weight is 487 g/mol. The van der Waals surface area contributed by atoms with Crippen molar-refractivity contribution in [3.63, 3.8) is 0 Å². The van der Waals surface area contributed by atoms with Crippen molar-refractivity contribution in [2.45, 2.75) is 20.8 Å². The molecule has 164 valence electrons. The summed E-state index contributed by atoms with van der Waals surface area (Å²) in [6, 6.07) is 9.13. The highest BCUT2D eigenvalue weighted by atomic mass is 35.5. The molecule has 0 fully saturated rings. The topological polar surface area (TPSA) is 64.4 Å². The lowest BCUT2D eigenvalue weighted by molar-refractivity contribution is -0.111. The van der Waals surface area contributed by atoms with Gasteiger partial charge in [0.25, 0.3) is 0 Å². The highest BCUT2D eigenvalue weighted by molar-refractivity contribution is 7.13. The number of rotatable bonds is 6. The molecule has 2 aromatic carbocycles. The second-order valence-corrected chi connectivity index (χ2v) is 8.86. The number of thiazole rings is 1. The van der Waals surface area contributed by atoms with E-state index in [0.717, 1.165) is 33.3 Å². The van der Waals surface area contributed by atoms with Crippen molar-refractivity contribution in [3.8, 4) is 16.9 Å². The van der Waals surface area contributed by atoms with E-state index in [1.54, 1.807) is 18.4 Å². The zero-order valence-electron chi connectivity index (χ0n) is 17.7. The summed E-state index contributed by atoms with van der Waals surface area (Å²) in [7, 11) is 0. The predicted octanol–water partition coefficient (Wildman–Crippen LogP) is 7.61. The maximum absolute atomic E-state index is 12.5. The summed E-state index contributed by atoms with van der Waals surface area (Å²) in [5, 5.41) is 7.19. The normalized spacial score (nSPS) is 11.7. The molecule has 0 spiro atoms.